The summed E-state index contributed by atoms with van der Waals surface area (Å²) in [6, 6.07) is 4.93. The van der Waals surface area contributed by atoms with Crippen LogP contribution in [0.5, 0.6) is 0 Å². The molecule has 1 atom stereocenters. The minimum absolute atomic E-state index is 0.337. The molecule has 26 heavy (non-hydrogen) atoms. The first-order chi connectivity index (χ1) is 12.7. The van der Waals surface area contributed by atoms with E-state index < -0.39 is 0 Å². The first-order valence-corrected chi connectivity index (χ1v) is 10.2. The molecule has 0 aromatic carbocycles. The minimum atomic E-state index is 0.337. The van der Waals surface area contributed by atoms with Crippen molar-refractivity contribution in [1.29, 1.82) is 0 Å². The highest BCUT2D eigenvalue weighted by molar-refractivity contribution is 5.78. The van der Waals surface area contributed by atoms with Gasteiger partial charge in [-0.15, -0.1) is 0 Å². The number of pyridine rings is 1. The number of piperazine rings is 1. The second-order valence-electron chi connectivity index (χ2n) is 7.85. The van der Waals surface area contributed by atoms with Crippen LogP contribution in [0.2, 0.25) is 0 Å². The van der Waals surface area contributed by atoms with Crippen LogP contribution in [-0.4, -0.2) is 73.0 Å². The highest BCUT2D eigenvalue weighted by atomic mass is 16.2. The number of nitrogens with zero attached hydrogens (tertiary/aromatic N) is 4. The fourth-order valence-electron chi connectivity index (χ4n) is 4.41. The summed E-state index contributed by atoms with van der Waals surface area (Å²) < 4.78 is 0. The van der Waals surface area contributed by atoms with Crippen molar-refractivity contribution in [2.24, 2.45) is 0 Å². The number of aryl methyl sites for hydroxylation is 1. The molecule has 6 heteroatoms. The molecule has 0 aliphatic carbocycles. The number of anilines is 1. The predicted octanol–water partition coefficient (Wildman–Crippen LogP) is 1.56. The van der Waals surface area contributed by atoms with Crippen molar-refractivity contribution in [1.82, 2.24) is 20.1 Å². The summed E-state index contributed by atoms with van der Waals surface area (Å²) in [5.41, 5.74) is 3.63. The minimum Gasteiger partial charge on any atom is -0.369 e. The van der Waals surface area contributed by atoms with Gasteiger partial charge in [-0.2, -0.15) is 0 Å². The summed E-state index contributed by atoms with van der Waals surface area (Å²) in [6.45, 7) is 10.3. The van der Waals surface area contributed by atoms with E-state index in [1.165, 1.54) is 24.2 Å². The normalized spacial score (nSPS) is 24.7. The van der Waals surface area contributed by atoms with Crippen LogP contribution >= 0.6 is 0 Å². The Morgan fingerprint density at radius 1 is 1.12 bits per heavy atom. The highest BCUT2D eigenvalue weighted by Gasteiger charge is 2.24. The third-order valence-corrected chi connectivity index (χ3v) is 5.97. The molecule has 3 aliphatic heterocycles. The summed E-state index contributed by atoms with van der Waals surface area (Å²) in [6.07, 6.45) is 4.21. The number of carbonyl (C=O) groups excluding carboxylic acids is 1. The SMILES string of the molecule is Cc1cc(N2CCN(CCN3CCCC3=O)CC2)cc([C@@H]2CCCN2)n1. The number of rotatable bonds is 5. The van der Waals surface area contributed by atoms with Gasteiger partial charge in [-0.1, -0.05) is 0 Å². The number of aromatic nitrogens is 1. The van der Waals surface area contributed by atoms with Crippen LogP contribution in [0.1, 0.15) is 43.1 Å². The number of amides is 1. The molecule has 1 aromatic heterocycles. The Labute approximate surface area is 156 Å². The largest absolute Gasteiger partial charge is 0.369 e. The monoisotopic (exact) mass is 357 g/mol. The lowest BCUT2D eigenvalue weighted by molar-refractivity contribution is -0.127. The van der Waals surface area contributed by atoms with Gasteiger partial charge in [0.1, 0.15) is 0 Å². The quantitative estimate of drug-likeness (QED) is 0.867. The third kappa shape index (κ3) is 4.01. The maximum atomic E-state index is 11.7. The molecule has 3 aliphatic rings. The Hall–Kier alpha value is -1.66. The van der Waals surface area contributed by atoms with Crippen LogP contribution < -0.4 is 10.2 Å². The fourth-order valence-corrected chi connectivity index (χ4v) is 4.41. The van der Waals surface area contributed by atoms with E-state index in [1.54, 1.807) is 0 Å². The molecule has 0 bridgehead atoms. The molecule has 0 radical (unpaired) electrons. The summed E-state index contributed by atoms with van der Waals surface area (Å²) >= 11 is 0. The second-order valence-corrected chi connectivity index (χ2v) is 7.85. The van der Waals surface area contributed by atoms with E-state index in [2.05, 4.69) is 34.2 Å². The molecule has 142 valence electrons. The number of hydrogen-bond donors (Lipinski definition) is 1. The van der Waals surface area contributed by atoms with E-state index in [1.807, 2.05) is 4.90 Å². The summed E-state index contributed by atoms with van der Waals surface area (Å²) in [4.78, 5) is 23.5. The average Bonchev–Trinajstić information content (AvgIpc) is 3.32. The maximum absolute atomic E-state index is 11.7. The lowest BCUT2D eigenvalue weighted by Crippen LogP contribution is -2.48. The van der Waals surface area contributed by atoms with Crippen LogP contribution in [0.4, 0.5) is 5.69 Å². The van der Waals surface area contributed by atoms with Gasteiger partial charge in [0.25, 0.3) is 0 Å². The van der Waals surface area contributed by atoms with Gasteiger partial charge in [0.15, 0.2) is 0 Å². The maximum Gasteiger partial charge on any atom is 0.222 e. The van der Waals surface area contributed by atoms with E-state index in [-0.39, 0.29) is 0 Å². The molecule has 0 spiro atoms. The smallest absolute Gasteiger partial charge is 0.222 e. The number of nitrogens with one attached hydrogen (secondary N) is 1. The van der Waals surface area contributed by atoms with Gasteiger partial charge in [-0.05, 0) is 44.9 Å². The Balaban J connectivity index is 1.32. The van der Waals surface area contributed by atoms with E-state index in [9.17, 15) is 4.79 Å². The molecule has 0 saturated carbocycles. The summed E-state index contributed by atoms with van der Waals surface area (Å²) in [5, 5.41) is 3.56. The molecule has 3 saturated heterocycles. The van der Waals surface area contributed by atoms with Crippen molar-refractivity contribution in [3.63, 3.8) is 0 Å². The molecule has 6 nitrogen and oxygen atoms in total. The zero-order valence-electron chi connectivity index (χ0n) is 15.9. The zero-order chi connectivity index (χ0) is 17.9. The van der Waals surface area contributed by atoms with Gasteiger partial charge in [0, 0.05) is 69.7 Å². The molecule has 4 rings (SSSR count). The lowest BCUT2D eigenvalue weighted by Gasteiger charge is -2.37. The van der Waals surface area contributed by atoms with Crippen LogP contribution in [0.25, 0.3) is 0 Å². The Kier molecular flexibility index (Phi) is 5.41. The van der Waals surface area contributed by atoms with Crippen LogP contribution in [0.15, 0.2) is 12.1 Å². The molecule has 1 N–H and O–H groups in total. The van der Waals surface area contributed by atoms with Gasteiger partial charge in [0.2, 0.25) is 5.91 Å². The van der Waals surface area contributed by atoms with Crippen molar-refractivity contribution in [3.8, 4) is 0 Å². The predicted molar refractivity (Wildman–Crippen MR) is 103 cm³/mol. The van der Waals surface area contributed by atoms with Crippen LogP contribution in [0, 0.1) is 6.92 Å². The van der Waals surface area contributed by atoms with Gasteiger partial charge in [0.05, 0.1) is 5.69 Å². The van der Waals surface area contributed by atoms with Crippen LogP contribution in [0.3, 0.4) is 0 Å². The molecule has 1 aromatic rings. The Morgan fingerprint density at radius 3 is 2.65 bits per heavy atom. The highest BCUT2D eigenvalue weighted by Crippen LogP contribution is 2.26. The van der Waals surface area contributed by atoms with Crippen molar-refractivity contribution in [3.05, 3.63) is 23.5 Å². The van der Waals surface area contributed by atoms with Gasteiger partial charge in [-0.25, -0.2) is 0 Å². The van der Waals surface area contributed by atoms with Gasteiger partial charge >= 0.3 is 0 Å². The molecule has 0 unspecified atom stereocenters. The van der Waals surface area contributed by atoms with E-state index in [0.717, 1.165) is 70.9 Å². The second kappa shape index (κ2) is 7.92. The van der Waals surface area contributed by atoms with Crippen LogP contribution in [-0.2, 0) is 4.79 Å². The standard InChI is InChI=1S/C20H31N5O/c1-16-14-17(15-19(22-16)18-4-2-6-21-18)24-11-8-23(9-12-24)10-13-25-7-3-5-20(25)26/h14-15,18,21H,2-13H2,1H3/t18-/m0/s1. The molecular weight excluding hydrogens is 326 g/mol. The topological polar surface area (TPSA) is 51.7 Å². The molecule has 4 heterocycles. The zero-order valence-corrected chi connectivity index (χ0v) is 15.9. The Bertz CT molecular complexity index is 635. The van der Waals surface area contributed by atoms with Crippen molar-refractivity contribution in [2.75, 3.05) is 57.3 Å². The molecular formula is C20H31N5O. The van der Waals surface area contributed by atoms with Gasteiger partial charge in [-0.3, -0.25) is 14.7 Å². The fraction of sp³-hybridized carbons (Fsp3) is 0.700. The van der Waals surface area contributed by atoms with Crippen molar-refractivity contribution < 1.29 is 4.79 Å². The summed E-state index contributed by atoms with van der Waals surface area (Å²) in [7, 11) is 0. The van der Waals surface area contributed by atoms with Crippen molar-refractivity contribution >= 4 is 11.6 Å². The van der Waals surface area contributed by atoms with Gasteiger partial charge < -0.3 is 15.1 Å². The van der Waals surface area contributed by atoms with E-state index in [0.29, 0.717) is 11.9 Å². The van der Waals surface area contributed by atoms with Crippen molar-refractivity contribution in [2.45, 2.75) is 38.6 Å². The number of hydrogen-bond acceptors (Lipinski definition) is 5. The van der Waals surface area contributed by atoms with E-state index >= 15 is 0 Å². The Morgan fingerprint density at radius 2 is 1.96 bits per heavy atom. The molecule has 3 fully saturated rings. The molecule has 1 amide bonds. The first-order valence-electron chi connectivity index (χ1n) is 10.2. The summed E-state index contributed by atoms with van der Waals surface area (Å²) in [5.74, 6) is 0.337. The number of carbonyl (C=O) groups is 1. The van der Waals surface area contributed by atoms with E-state index in [4.69, 9.17) is 4.98 Å². The third-order valence-electron chi connectivity index (χ3n) is 5.97. The lowest BCUT2D eigenvalue weighted by atomic mass is 10.1. The average molecular weight is 358 g/mol. The first kappa shape index (κ1) is 17.7. The number of likely N-dealkylation sites (tertiary alicyclic amines) is 1.